The molecule has 0 saturated heterocycles. The number of pyridine rings is 1. The molecule has 0 aliphatic heterocycles. The highest BCUT2D eigenvalue weighted by Gasteiger charge is 2.27. The van der Waals surface area contributed by atoms with E-state index in [1.165, 1.54) is 6.07 Å². The van der Waals surface area contributed by atoms with Crippen molar-refractivity contribution in [1.82, 2.24) is 4.98 Å². The van der Waals surface area contributed by atoms with Crippen LogP contribution in [0.3, 0.4) is 0 Å². The quantitative estimate of drug-likeness (QED) is 0.624. The van der Waals surface area contributed by atoms with E-state index in [0.29, 0.717) is 0 Å². The van der Waals surface area contributed by atoms with Crippen molar-refractivity contribution < 1.29 is 14.6 Å². The van der Waals surface area contributed by atoms with Gasteiger partial charge >= 0.3 is 11.5 Å². The van der Waals surface area contributed by atoms with Crippen LogP contribution in [0.5, 0.6) is 5.75 Å². The number of hydrogen-bond donors (Lipinski definition) is 0. The molecule has 0 saturated carbocycles. The van der Waals surface area contributed by atoms with E-state index >= 15 is 0 Å². The SMILES string of the molecule is CCOc1cc2nc([N+](=O)[O-])c(C#N)c(Cl)c2cc1[N+](=O)[O-]. The molecule has 0 radical (unpaired) electrons. The lowest BCUT2D eigenvalue weighted by molar-refractivity contribution is -0.389. The standard InChI is InChI=1S/C12H7ClN4O5/c1-2-22-10-4-8-6(3-9(10)16(18)19)11(13)7(5-14)12(15-8)17(20)21/h3-4H,2H2,1H3. The molecular weight excluding hydrogens is 316 g/mol. The summed E-state index contributed by atoms with van der Waals surface area (Å²) in [6.45, 7) is 1.80. The zero-order valence-electron chi connectivity index (χ0n) is 11.1. The Balaban J connectivity index is 2.90. The van der Waals surface area contributed by atoms with Crippen LogP contribution in [0, 0.1) is 31.6 Å². The summed E-state index contributed by atoms with van der Waals surface area (Å²) in [7, 11) is 0. The van der Waals surface area contributed by atoms with E-state index in [2.05, 4.69) is 4.98 Å². The Morgan fingerprint density at radius 2 is 2.05 bits per heavy atom. The molecule has 2 aromatic rings. The number of halogens is 1. The lowest BCUT2D eigenvalue weighted by Gasteiger charge is -2.06. The van der Waals surface area contributed by atoms with Gasteiger partial charge in [-0.3, -0.25) is 10.1 Å². The molecule has 112 valence electrons. The maximum atomic E-state index is 11.1. The second-order valence-corrected chi connectivity index (χ2v) is 4.40. The maximum absolute atomic E-state index is 11.1. The summed E-state index contributed by atoms with van der Waals surface area (Å²) >= 11 is 5.97. The molecular formula is C12H7ClN4O5. The second kappa shape index (κ2) is 5.79. The van der Waals surface area contributed by atoms with Crippen LogP contribution in [-0.4, -0.2) is 21.4 Å². The number of hydrogen-bond acceptors (Lipinski definition) is 7. The molecule has 0 atom stereocenters. The Kier molecular flexibility index (Phi) is 4.05. The van der Waals surface area contributed by atoms with Gasteiger partial charge in [0.05, 0.1) is 21.9 Å². The van der Waals surface area contributed by atoms with Gasteiger partial charge in [-0.1, -0.05) is 11.6 Å². The smallest absolute Gasteiger partial charge is 0.383 e. The summed E-state index contributed by atoms with van der Waals surface area (Å²) in [6.07, 6.45) is 0. The van der Waals surface area contributed by atoms with Crippen molar-refractivity contribution in [1.29, 1.82) is 5.26 Å². The van der Waals surface area contributed by atoms with Crippen molar-refractivity contribution in [2.45, 2.75) is 6.92 Å². The summed E-state index contributed by atoms with van der Waals surface area (Å²) in [6, 6.07) is 3.86. The number of nitriles is 1. The highest BCUT2D eigenvalue weighted by Crippen LogP contribution is 2.38. The normalized spacial score (nSPS) is 10.2. The van der Waals surface area contributed by atoms with Crippen molar-refractivity contribution in [2.24, 2.45) is 0 Å². The second-order valence-electron chi connectivity index (χ2n) is 4.02. The Morgan fingerprint density at radius 1 is 1.36 bits per heavy atom. The Labute approximate surface area is 128 Å². The molecule has 0 bridgehead atoms. The Morgan fingerprint density at radius 3 is 2.55 bits per heavy atom. The molecule has 0 aliphatic carbocycles. The van der Waals surface area contributed by atoms with E-state index in [9.17, 15) is 20.2 Å². The summed E-state index contributed by atoms with van der Waals surface area (Å²) < 4.78 is 5.14. The van der Waals surface area contributed by atoms with Gasteiger partial charge in [-0.05, 0) is 16.8 Å². The maximum Gasteiger partial charge on any atom is 0.383 e. The number of fused-ring (bicyclic) bond motifs is 1. The van der Waals surface area contributed by atoms with E-state index in [4.69, 9.17) is 21.6 Å². The molecule has 0 spiro atoms. The van der Waals surface area contributed by atoms with Gasteiger partial charge < -0.3 is 14.9 Å². The first-order chi connectivity index (χ1) is 10.4. The minimum Gasteiger partial charge on any atom is -0.487 e. The predicted molar refractivity (Wildman–Crippen MR) is 75.9 cm³/mol. The van der Waals surface area contributed by atoms with E-state index in [1.807, 2.05) is 0 Å². The number of rotatable bonds is 4. The average Bonchev–Trinajstić information content (AvgIpc) is 2.46. The molecule has 0 aliphatic rings. The fourth-order valence-corrected chi connectivity index (χ4v) is 2.15. The zero-order valence-corrected chi connectivity index (χ0v) is 11.8. The van der Waals surface area contributed by atoms with Crippen molar-refractivity contribution >= 4 is 34.0 Å². The fraction of sp³-hybridized carbons (Fsp3) is 0.167. The van der Waals surface area contributed by atoms with Gasteiger partial charge in [0.15, 0.2) is 11.1 Å². The molecule has 9 nitrogen and oxygen atoms in total. The summed E-state index contributed by atoms with van der Waals surface area (Å²) in [5, 5.41) is 30.8. The Hall–Kier alpha value is -2.99. The van der Waals surface area contributed by atoms with Crippen LogP contribution in [0.1, 0.15) is 12.5 Å². The van der Waals surface area contributed by atoms with E-state index in [-0.39, 0.29) is 34.0 Å². The minimum atomic E-state index is -0.842. The van der Waals surface area contributed by atoms with Crippen molar-refractivity contribution in [2.75, 3.05) is 6.61 Å². The predicted octanol–water partition coefficient (Wildman–Crippen LogP) is 2.97. The number of nitrogens with zero attached hydrogens (tertiary/aromatic N) is 4. The molecule has 1 aromatic heterocycles. The monoisotopic (exact) mass is 322 g/mol. The minimum absolute atomic E-state index is 0.0322. The number of aromatic nitrogens is 1. The molecule has 0 fully saturated rings. The Bertz CT molecular complexity index is 846. The third-order valence-electron chi connectivity index (χ3n) is 2.76. The third kappa shape index (κ3) is 2.47. The van der Waals surface area contributed by atoms with Crippen LogP contribution in [-0.2, 0) is 0 Å². The largest absolute Gasteiger partial charge is 0.487 e. The molecule has 22 heavy (non-hydrogen) atoms. The van der Waals surface area contributed by atoms with E-state index in [0.717, 1.165) is 6.07 Å². The highest BCUT2D eigenvalue weighted by atomic mass is 35.5. The molecule has 0 N–H and O–H groups in total. The van der Waals surface area contributed by atoms with Gasteiger partial charge in [-0.25, -0.2) is 0 Å². The van der Waals surface area contributed by atoms with Crippen molar-refractivity contribution in [3.8, 4) is 11.8 Å². The molecule has 1 aromatic carbocycles. The molecule has 0 unspecified atom stereocenters. The van der Waals surface area contributed by atoms with Crippen molar-refractivity contribution in [3.05, 3.63) is 42.9 Å². The lowest BCUT2D eigenvalue weighted by atomic mass is 10.1. The van der Waals surface area contributed by atoms with Gasteiger partial charge in [0, 0.05) is 12.1 Å². The van der Waals surface area contributed by atoms with E-state index < -0.39 is 21.2 Å². The zero-order chi connectivity index (χ0) is 16.4. The summed E-state index contributed by atoms with van der Waals surface area (Å²) in [5.74, 6) is -0.793. The summed E-state index contributed by atoms with van der Waals surface area (Å²) in [5.41, 5.74) is -0.779. The van der Waals surface area contributed by atoms with Crippen molar-refractivity contribution in [3.63, 3.8) is 0 Å². The first kappa shape index (κ1) is 15.4. The van der Waals surface area contributed by atoms with Gasteiger partial charge in [-0.15, -0.1) is 0 Å². The molecule has 2 rings (SSSR count). The summed E-state index contributed by atoms with van der Waals surface area (Å²) in [4.78, 5) is 24.3. The van der Waals surface area contributed by atoms with Crippen LogP contribution in [0.25, 0.3) is 10.9 Å². The lowest BCUT2D eigenvalue weighted by Crippen LogP contribution is -2.01. The molecule has 0 amide bonds. The molecule has 10 heteroatoms. The van der Waals surface area contributed by atoms with Gasteiger partial charge in [-0.2, -0.15) is 5.26 Å². The fourth-order valence-electron chi connectivity index (χ4n) is 1.87. The number of nitro groups is 2. The first-order valence-corrected chi connectivity index (χ1v) is 6.27. The first-order valence-electron chi connectivity index (χ1n) is 5.89. The number of benzene rings is 1. The van der Waals surface area contributed by atoms with Crippen LogP contribution >= 0.6 is 11.6 Å². The van der Waals surface area contributed by atoms with Crippen LogP contribution in [0.2, 0.25) is 5.02 Å². The van der Waals surface area contributed by atoms with Crippen LogP contribution in [0.4, 0.5) is 11.5 Å². The highest BCUT2D eigenvalue weighted by molar-refractivity contribution is 6.37. The van der Waals surface area contributed by atoms with Crippen LogP contribution in [0.15, 0.2) is 12.1 Å². The molecule has 1 heterocycles. The number of ether oxygens (including phenoxy) is 1. The van der Waals surface area contributed by atoms with Gasteiger partial charge in [0.2, 0.25) is 5.75 Å². The van der Waals surface area contributed by atoms with Gasteiger partial charge in [0.1, 0.15) is 6.07 Å². The van der Waals surface area contributed by atoms with E-state index in [1.54, 1.807) is 13.0 Å². The number of nitro benzene ring substituents is 1. The average molecular weight is 323 g/mol. The van der Waals surface area contributed by atoms with Crippen LogP contribution < -0.4 is 4.74 Å². The topological polar surface area (TPSA) is 132 Å². The van der Waals surface area contributed by atoms with Gasteiger partial charge in [0.25, 0.3) is 0 Å². The third-order valence-corrected chi connectivity index (χ3v) is 3.16.